The van der Waals surface area contributed by atoms with Crippen LogP contribution in [0.3, 0.4) is 0 Å². The molecule has 1 aromatic rings. The molecule has 2 atom stereocenters. The second kappa shape index (κ2) is 14.4. The van der Waals surface area contributed by atoms with Gasteiger partial charge in [0.05, 0.1) is 11.0 Å². The second-order valence-corrected chi connectivity index (χ2v) is 11.0. The van der Waals surface area contributed by atoms with Crippen LogP contribution in [-0.2, 0) is 30.8 Å². The maximum absolute atomic E-state index is 12.6. The molecular formula is C22H29F6N3O7S. The van der Waals surface area contributed by atoms with Crippen molar-refractivity contribution >= 4 is 27.7 Å². The van der Waals surface area contributed by atoms with Crippen molar-refractivity contribution in [3.05, 3.63) is 30.1 Å². The number of fused-ring (bicyclic) bond motifs is 1. The molecule has 2 aliphatic rings. The Morgan fingerprint density at radius 3 is 2.00 bits per heavy atom. The van der Waals surface area contributed by atoms with Crippen molar-refractivity contribution in [1.82, 2.24) is 14.8 Å². The van der Waals surface area contributed by atoms with E-state index in [1.807, 2.05) is 30.2 Å². The van der Waals surface area contributed by atoms with E-state index >= 15 is 0 Å². The molecule has 0 saturated carbocycles. The quantitative estimate of drug-likeness (QED) is 0.504. The number of pyridine rings is 1. The fourth-order valence-corrected chi connectivity index (χ4v) is 6.05. The van der Waals surface area contributed by atoms with Crippen LogP contribution < -0.4 is 0 Å². The Bertz CT molecular complexity index is 1040. The van der Waals surface area contributed by atoms with E-state index in [0.29, 0.717) is 39.0 Å². The summed E-state index contributed by atoms with van der Waals surface area (Å²) in [6, 6.07) is 3.92. The first-order valence-corrected chi connectivity index (χ1v) is 13.3. The molecule has 1 amide bonds. The number of aromatic nitrogens is 1. The van der Waals surface area contributed by atoms with Crippen molar-refractivity contribution in [2.24, 2.45) is 0 Å². The van der Waals surface area contributed by atoms with Crippen molar-refractivity contribution in [2.75, 3.05) is 25.4 Å². The number of aliphatic carboxylic acids is 2. The number of hydrogen-bond acceptors (Lipinski definition) is 7. The molecular weight excluding hydrogens is 564 g/mol. The maximum Gasteiger partial charge on any atom is 0.490 e. The Kier molecular flexibility index (Phi) is 12.6. The number of likely N-dealkylation sites (tertiary alicyclic amines) is 1. The lowest BCUT2D eigenvalue weighted by Gasteiger charge is -2.40. The Balaban J connectivity index is 0.000000449. The molecule has 17 heteroatoms. The minimum absolute atomic E-state index is 0.0154. The van der Waals surface area contributed by atoms with Crippen LogP contribution in [0, 0.1) is 0 Å². The summed E-state index contributed by atoms with van der Waals surface area (Å²) >= 11 is 0. The number of sulfone groups is 1. The number of carboxylic acids is 2. The van der Waals surface area contributed by atoms with Gasteiger partial charge in [-0.2, -0.15) is 26.3 Å². The van der Waals surface area contributed by atoms with Gasteiger partial charge in [0, 0.05) is 51.0 Å². The van der Waals surface area contributed by atoms with E-state index in [1.54, 1.807) is 6.20 Å². The standard InChI is InChI=1S/C18H27N3O3S.2C2HF3O2/c1-2-4-18(22)20-9-6-16-17(7-10-20)25(23,24)12-11-21(16)14-15-5-3-8-19-13-15;2*3-2(4,5)1(6)7/h3,5,8,13,16-17H,2,4,6-7,9-12,14H2,1H3;2*(H,6,7)/t16-,17+;;/m0../s1. The summed E-state index contributed by atoms with van der Waals surface area (Å²) in [5.41, 5.74) is 1.10. The summed E-state index contributed by atoms with van der Waals surface area (Å²) in [5.74, 6) is -5.16. The summed E-state index contributed by atoms with van der Waals surface area (Å²) in [7, 11) is -3.09. The Labute approximate surface area is 220 Å². The summed E-state index contributed by atoms with van der Waals surface area (Å²) in [6.45, 7) is 4.48. The lowest BCUT2D eigenvalue weighted by Crippen LogP contribution is -2.54. The lowest BCUT2D eigenvalue weighted by molar-refractivity contribution is -0.193. The van der Waals surface area contributed by atoms with Crippen molar-refractivity contribution in [1.29, 1.82) is 0 Å². The Hall–Kier alpha value is -2.95. The van der Waals surface area contributed by atoms with Crippen LogP contribution in [0.15, 0.2) is 24.5 Å². The Morgan fingerprint density at radius 2 is 1.54 bits per heavy atom. The van der Waals surface area contributed by atoms with Gasteiger partial charge in [-0.1, -0.05) is 13.0 Å². The molecule has 3 heterocycles. The number of nitrogens with zero attached hydrogens (tertiary/aromatic N) is 3. The van der Waals surface area contributed by atoms with Gasteiger partial charge in [0.15, 0.2) is 9.84 Å². The van der Waals surface area contributed by atoms with E-state index in [2.05, 4.69) is 9.88 Å². The molecule has 2 aliphatic heterocycles. The van der Waals surface area contributed by atoms with Crippen LogP contribution in [0.5, 0.6) is 0 Å². The number of carboxylic acid groups (broad SMARTS) is 2. The number of amides is 1. The second-order valence-electron chi connectivity index (χ2n) is 8.62. The van der Waals surface area contributed by atoms with Crippen LogP contribution in [0.4, 0.5) is 26.3 Å². The smallest absolute Gasteiger partial charge is 0.475 e. The molecule has 0 aromatic carbocycles. The number of hydrogen-bond donors (Lipinski definition) is 2. The van der Waals surface area contributed by atoms with E-state index in [0.717, 1.165) is 18.4 Å². The molecule has 1 aromatic heterocycles. The first-order valence-electron chi connectivity index (χ1n) is 11.6. The van der Waals surface area contributed by atoms with Crippen molar-refractivity contribution in [3.63, 3.8) is 0 Å². The fraction of sp³-hybridized carbons (Fsp3) is 0.636. The zero-order valence-electron chi connectivity index (χ0n) is 20.8. The van der Waals surface area contributed by atoms with Crippen LogP contribution in [-0.4, -0.2) is 100 Å². The van der Waals surface area contributed by atoms with E-state index in [-0.39, 0.29) is 23.0 Å². The molecule has 0 spiro atoms. The molecule has 0 aliphatic carbocycles. The number of rotatable bonds is 4. The van der Waals surface area contributed by atoms with Gasteiger partial charge in [-0.15, -0.1) is 0 Å². The summed E-state index contributed by atoms with van der Waals surface area (Å²) in [6.07, 6.45) is -3.94. The van der Waals surface area contributed by atoms with Gasteiger partial charge >= 0.3 is 24.3 Å². The van der Waals surface area contributed by atoms with Crippen LogP contribution in [0.1, 0.15) is 38.2 Å². The normalized spacial score (nSPS) is 21.2. The third-order valence-electron chi connectivity index (χ3n) is 5.81. The predicted octanol–water partition coefficient (Wildman–Crippen LogP) is 2.74. The molecule has 222 valence electrons. The highest BCUT2D eigenvalue weighted by atomic mass is 32.2. The van der Waals surface area contributed by atoms with Gasteiger partial charge in [-0.3, -0.25) is 14.7 Å². The SMILES string of the molecule is CCCC(=O)N1CC[C@@H]2[C@H](CC1)N(Cc1cccnc1)CCS2(=O)=O.O=C(O)C(F)(F)F.O=C(O)C(F)(F)F. The first-order chi connectivity index (χ1) is 17.9. The third kappa shape index (κ3) is 11.4. The molecule has 2 saturated heterocycles. The van der Waals surface area contributed by atoms with E-state index in [9.17, 15) is 39.6 Å². The number of carbonyl (C=O) groups excluding carboxylic acids is 1. The van der Waals surface area contributed by atoms with Crippen molar-refractivity contribution in [3.8, 4) is 0 Å². The molecule has 0 bridgehead atoms. The number of carbonyl (C=O) groups is 3. The predicted molar refractivity (Wildman–Crippen MR) is 124 cm³/mol. The van der Waals surface area contributed by atoms with Gasteiger partial charge in [-0.05, 0) is 30.9 Å². The van der Waals surface area contributed by atoms with Crippen molar-refractivity contribution < 1.29 is 59.4 Å². The maximum atomic E-state index is 12.6. The lowest BCUT2D eigenvalue weighted by atomic mass is 10.1. The average Bonchev–Trinajstić information content (AvgIpc) is 3.06. The minimum Gasteiger partial charge on any atom is -0.475 e. The molecule has 39 heavy (non-hydrogen) atoms. The molecule has 2 N–H and O–H groups in total. The molecule has 2 fully saturated rings. The molecule has 0 radical (unpaired) electrons. The zero-order valence-corrected chi connectivity index (χ0v) is 21.6. The zero-order chi connectivity index (χ0) is 30.0. The Morgan fingerprint density at radius 1 is 1.00 bits per heavy atom. The number of alkyl halides is 6. The van der Waals surface area contributed by atoms with E-state index in [1.165, 1.54) is 0 Å². The molecule has 3 rings (SSSR count). The van der Waals surface area contributed by atoms with Crippen LogP contribution >= 0.6 is 0 Å². The summed E-state index contributed by atoms with van der Waals surface area (Å²) < 4.78 is 88.7. The number of halogens is 6. The van der Waals surface area contributed by atoms with Gasteiger partial charge in [0.1, 0.15) is 0 Å². The molecule has 0 unspecified atom stereocenters. The largest absolute Gasteiger partial charge is 0.490 e. The summed E-state index contributed by atoms with van der Waals surface area (Å²) in [5, 5.41) is 13.9. The average molecular weight is 594 g/mol. The minimum atomic E-state index is -5.08. The highest BCUT2D eigenvalue weighted by Gasteiger charge is 2.43. The van der Waals surface area contributed by atoms with E-state index < -0.39 is 34.1 Å². The monoisotopic (exact) mass is 593 g/mol. The van der Waals surface area contributed by atoms with E-state index in [4.69, 9.17) is 19.8 Å². The summed E-state index contributed by atoms with van der Waals surface area (Å²) in [4.78, 5) is 38.3. The molecule has 10 nitrogen and oxygen atoms in total. The highest BCUT2D eigenvalue weighted by Crippen LogP contribution is 2.29. The third-order valence-corrected chi connectivity index (χ3v) is 8.03. The fourth-order valence-electron chi connectivity index (χ4n) is 4.00. The first kappa shape index (κ1) is 34.1. The van der Waals surface area contributed by atoms with Gasteiger partial charge in [0.2, 0.25) is 5.91 Å². The highest BCUT2D eigenvalue weighted by molar-refractivity contribution is 7.92. The van der Waals surface area contributed by atoms with Gasteiger partial charge in [-0.25, -0.2) is 18.0 Å². The van der Waals surface area contributed by atoms with Gasteiger partial charge in [0.25, 0.3) is 0 Å². The van der Waals surface area contributed by atoms with Crippen LogP contribution in [0.25, 0.3) is 0 Å². The topological polar surface area (TPSA) is 145 Å². The van der Waals surface area contributed by atoms with Gasteiger partial charge < -0.3 is 15.1 Å². The van der Waals surface area contributed by atoms with Crippen molar-refractivity contribution in [2.45, 2.75) is 62.8 Å². The van der Waals surface area contributed by atoms with Crippen LogP contribution in [0.2, 0.25) is 0 Å².